The molecule has 140 valence electrons. The summed E-state index contributed by atoms with van der Waals surface area (Å²) in [5.41, 5.74) is -0.450. The molecular weight excluding hydrogens is 310 g/mol. The molecule has 3 nitrogen and oxygen atoms in total. The van der Waals surface area contributed by atoms with Crippen molar-refractivity contribution in [3.05, 3.63) is 0 Å². The molecule has 3 heteroatoms. The van der Waals surface area contributed by atoms with Crippen molar-refractivity contribution in [1.29, 1.82) is 0 Å². The normalized spacial score (nSPS) is 70.2. The molecule has 11 atom stereocenters. The molecule has 7 aliphatic rings. The zero-order valence-electron chi connectivity index (χ0n) is 16.2. The first-order chi connectivity index (χ1) is 11.8. The lowest BCUT2D eigenvalue weighted by Gasteiger charge is -2.65. The van der Waals surface area contributed by atoms with Gasteiger partial charge in [0.2, 0.25) is 0 Å². The molecule has 0 aromatic carbocycles. The van der Waals surface area contributed by atoms with Crippen molar-refractivity contribution >= 4 is 0 Å². The van der Waals surface area contributed by atoms with Crippen LogP contribution < -0.4 is 0 Å². The van der Waals surface area contributed by atoms with Crippen molar-refractivity contribution in [3.8, 4) is 0 Å². The molecule has 1 spiro atoms. The van der Waals surface area contributed by atoms with Crippen LogP contribution >= 0.6 is 0 Å². The van der Waals surface area contributed by atoms with E-state index in [0.717, 1.165) is 12.8 Å². The lowest BCUT2D eigenvalue weighted by atomic mass is 9.47. The highest BCUT2D eigenvalue weighted by atomic mass is 16.3. The SMILES string of the molecule is CC1CCC2(C)C3CC4CC2(O)C2(CC(O)C5CCCCC5(C)C42)N13. The summed E-state index contributed by atoms with van der Waals surface area (Å²) in [5, 5.41) is 23.7. The molecule has 2 N–H and O–H groups in total. The highest BCUT2D eigenvalue weighted by molar-refractivity contribution is 5.39. The fraction of sp³-hybridized carbons (Fsp3) is 1.00. The van der Waals surface area contributed by atoms with Gasteiger partial charge in [0, 0.05) is 17.5 Å². The summed E-state index contributed by atoms with van der Waals surface area (Å²) in [6.45, 7) is 7.29. The molecule has 6 bridgehead atoms. The number of fused-ring (bicyclic) bond motifs is 1. The summed E-state index contributed by atoms with van der Waals surface area (Å²) >= 11 is 0. The summed E-state index contributed by atoms with van der Waals surface area (Å²) in [5.74, 6) is 1.74. The standard InChI is InChI=1S/C22H35NO2/c1-13-7-9-20(3)17-10-14-11-22(20,25)21(23(13)17)12-16(24)15-6-4-5-8-19(15,2)18(14)21/h13-18,24-25H,4-12H2,1-3H3. The van der Waals surface area contributed by atoms with E-state index in [0.29, 0.717) is 29.8 Å². The van der Waals surface area contributed by atoms with Gasteiger partial charge in [-0.3, -0.25) is 4.90 Å². The van der Waals surface area contributed by atoms with Crippen molar-refractivity contribution in [1.82, 2.24) is 4.90 Å². The first-order valence-corrected chi connectivity index (χ1v) is 11.0. The van der Waals surface area contributed by atoms with Crippen molar-refractivity contribution in [2.75, 3.05) is 0 Å². The second-order valence-corrected chi connectivity index (χ2v) is 11.3. The molecule has 4 saturated carbocycles. The van der Waals surface area contributed by atoms with Gasteiger partial charge < -0.3 is 10.2 Å². The van der Waals surface area contributed by atoms with Crippen LogP contribution in [0.3, 0.4) is 0 Å². The van der Waals surface area contributed by atoms with Crippen LogP contribution in [0.5, 0.6) is 0 Å². The first kappa shape index (κ1) is 15.9. The molecular formula is C22H35NO2. The Kier molecular flexibility index (Phi) is 2.74. The van der Waals surface area contributed by atoms with Crippen LogP contribution in [0.4, 0.5) is 0 Å². The zero-order chi connectivity index (χ0) is 17.4. The molecule has 0 aromatic heterocycles. The summed E-state index contributed by atoms with van der Waals surface area (Å²) < 4.78 is 0. The van der Waals surface area contributed by atoms with Crippen LogP contribution in [0.25, 0.3) is 0 Å². The van der Waals surface area contributed by atoms with Gasteiger partial charge in [0.15, 0.2) is 0 Å². The molecule has 11 unspecified atom stereocenters. The maximum Gasteiger partial charge on any atom is 0.0905 e. The largest absolute Gasteiger partial charge is 0.393 e. The van der Waals surface area contributed by atoms with Crippen LogP contribution in [0.2, 0.25) is 0 Å². The minimum atomic E-state index is -0.574. The number of rotatable bonds is 0. The Morgan fingerprint density at radius 1 is 1.04 bits per heavy atom. The van der Waals surface area contributed by atoms with Crippen LogP contribution in [0, 0.1) is 28.6 Å². The average molecular weight is 346 g/mol. The Morgan fingerprint density at radius 2 is 1.84 bits per heavy atom. The molecule has 25 heavy (non-hydrogen) atoms. The molecule has 0 aromatic rings. The van der Waals surface area contributed by atoms with Crippen LogP contribution in [0.1, 0.15) is 78.6 Å². The van der Waals surface area contributed by atoms with E-state index in [1.807, 2.05) is 0 Å². The van der Waals surface area contributed by atoms with Crippen molar-refractivity contribution in [2.45, 2.75) is 108 Å². The Labute approximate surface area is 152 Å². The van der Waals surface area contributed by atoms with Crippen molar-refractivity contribution in [2.24, 2.45) is 28.6 Å². The third-order valence-electron chi connectivity index (χ3n) is 10.8. The molecule has 7 fully saturated rings. The van der Waals surface area contributed by atoms with Gasteiger partial charge in [-0.1, -0.05) is 26.7 Å². The van der Waals surface area contributed by atoms with E-state index in [1.165, 1.54) is 44.9 Å². The molecule has 4 aliphatic carbocycles. The van der Waals surface area contributed by atoms with Gasteiger partial charge in [0.05, 0.1) is 17.2 Å². The van der Waals surface area contributed by atoms with Gasteiger partial charge in [0.1, 0.15) is 0 Å². The quantitative estimate of drug-likeness (QED) is 0.708. The lowest BCUT2D eigenvalue weighted by Crippen LogP contribution is -2.72. The van der Waals surface area contributed by atoms with Crippen LogP contribution in [0.15, 0.2) is 0 Å². The third kappa shape index (κ3) is 1.35. The van der Waals surface area contributed by atoms with Gasteiger partial charge in [0.25, 0.3) is 0 Å². The van der Waals surface area contributed by atoms with Crippen LogP contribution in [-0.2, 0) is 0 Å². The Hall–Kier alpha value is -0.120. The predicted octanol–water partition coefficient (Wildman–Crippen LogP) is 3.33. The Morgan fingerprint density at radius 3 is 2.64 bits per heavy atom. The molecule has 3 aliphatic heterocycles. The second-order valence-electron chi connectivity index (χ2n) is 11.3. The Balaban J connectivity index is 1.60. The summed E-state index contributed by atoms with van der Waals surface area (Å²) in [6.07, 6.45) is 10.4. The van der Waals surface area contributed by atoms with Crippen LogP contribution in [-0.4, -0.2) is 44.4 Å². The summed E-state index contributed by atoms with van der Waals surface area (Å²) in [6, 6.07) is 1.11. The van der Waals surface area contributed by atoms with Gasteiger partial charge in [-0.15, -0.1) is 0 Å². The topological polar surface area (TPSA) is 43.7 Å². The molecule has 0 amide bonds. The third-order valence-corrected chi connectivity index (χ3v) is 10.8. The first-order valence-electron chi connectivity index (χ1n) is 11.0. The smallest absolute Gasteiger partial charge is 0.0905 e. The predicted molar refractivity (Wildman–Crippen MR) is 97.0 cm³/mol. The van der Waals surface area contributed by atoms with Gasteiger partial charge in [-0.2, -0.15) is 0 Å². The summed E-state index contributed by atoms with van der Waals surface area (Å²) in [7, 11) is 0. The highest BCUT2D eigenvalue weighted by Gasteiger charge is 2.86. The number of nitrogens with zero attached hydrogens (tertiary/aromatic N) is 1. The number of hydrogen-bond donors (Lipinski definition) is 2. The van der Waals surface area contributed by atoms with E-state index < -0.39 is 5.60 Å². The van der Waals surface area contributed by atoms with Gasteiger partial charge in [-0.05, 0) is 75.0 Å². The average Bonchev–Trinajstić information content (AvgIpc) is 2.77. The van der Waals surface area contributed by atoms with Crippen molar-refractivity contribution in [3.63, 3.8) is 0 Å². The molecule has 3 heterocycles. The molecule has 3 saturated heterocycles. The molecule has 7 rings (SSSR count). The Bertz CT molecular complexity index is 638. The van der Waals surface area contributed by atoms with E-state index in [2.05, 4.69) is 25.7 Å². The monoisotopic (exact) mass is 345 g/mol. The van der Waals surface area contributed by atoms with E-state index in [-0.39, 0.29) is 22.5 Å². The maximum atomic E-state index is 12.3. The summed E-state index contributed by atoms with van der Waals surface area (Å²) in [4.78, 5) is 2.80. The highest BCUT2D eigenvalue weighted by Crippen LogP contribution is 2.80. The van der Waals surface area contributed by atoms with E-state index >= 15 is 0 Å². The number of hydrogen-bond acceptors (Lipinski definition) is 3. The number of piperidine rings is 2. The number of aliphatic hydroxyl groups excluding tert-OH is 1. The fourth-order valence-corrected chi connectivity index (χ4v) is 10.2. The minimum Gasteiger partial charge on any atom is -0.393 e. The molecule has 0 radical (unpaired) electrons. The van der Waals surface area contributed by atoms with E-state index in [1.54, 1.807) is 0 Å². The van der Waals surface area contributed by atoms with E-state index in [9.17, 15) is 10.2 Å². The maximum absolute atomic E-state index is 12.3. The zero-order valence-corrected chi connectivity index (χ0v) is 16.2. The fourth-order valence-electron chi connectivity index (χ4n) is 10.2. The minimum absolute atomic E-state index is 0.0440. The van der Waals surface area contributed by atoms with Crippen molar-refractivity contribution < 1.29 is 10.2 Å². The number of aliphatic hydroxyl groups is 2. The van der Waals surface area contributed by atoms with E-state index in [4.69, 9.17) is 0 Å². The van der Waals surface area contributed by atoms with Gasteiger partial charge in [-0.25, -0.2) is 0 Å². The van der Waals surface area contributed by atoms with Gasteiger partial charge >= 0.3 is 0 Å². The second kappa shape index (κ2) is 4.31. The lowest BCUT2D eigenvalue weighted by molar-refractivity contribution is -0.205.